The maximum Gasteiger partial charge on any atom is 0.269 e. The number of anilines is 3. The van der Waals surface area contributed by atoms with Gasteiger partial charge in [0.25, 0.3) is 5.91 Å². The van der Waals surface area contributed by atoms with E-state index in [1.54, 1.807) is 10.9 Å². The van der Waals surface area contributed by atoms with Gasteiger partial charge >= 0.3 is 0 Å². The molecule has 4 aromatic rings. The summed E-state index contributed by atoms with van der Waals surface area (Å²) in [6, 6.07) is 12.0. The third kappa shape index (κ3) is 4.65. The van der Waals surface area contributed by atoms with Crippen molar-refractivity contribution in [2.75, 3.05) is 10.6 Å². The highest BCUT2D eigenvalue weighted by Gasteiger charge is 2.22. The molecular formula is C25H29N9O. The summed E-state index contributed by atoms with van der Waals surface area (Å²) in [5, 5.41) is 14.9. The predicted octanol–water partition coefficient (Wildman–Crippen LogP) is 3.26. The highest BCUT2D eigenvalue weighted by Crippen LogP contribution is 2.29. The minimum Gasteiger partial charge on any atom is -0.379 e. The molecule has 1 amide bonds. The molecule has 0 unspecified atom stereocenters. The van der Waals surface area contributed by atoms with Crippen LogP contribution in [0.3, 0.4) is 0 Å². The van der Waals surface area contributed by atoms with E-state index in [9.17, 15) is 4.79 Å². The van der Waals surface area contributed by atoms with Crippen molar-refractivity contribution in [3.8, 4) is 11.1 Å². The fourth-order valence-electron chi connectivity index (χ4n) is 4.66. The molecule has 0 saturated heterocycles. The third-order valence-electron chi connectivity index (χ3n) is 6.56. The summed E-state index contributed by atoms with van der Waals surface area (Å²) < 4.78 is 1.75. The van der Waals surface area contributed by atoms with Gasteiger partial charge in [0, 0.05) is 30.4 Å². The largest absolute Gasteiger partial charge is 0.379 e. The molecule has 180 valence electrons. The van der Waals surface area contributed by atoms with Gasteiger partial charge in [-0.3, -0.25) is 4.79 Å². The highest BCUT2D eigenvalue weighted by molar-refractivity contribution is 5.97. The Balaban J connectivity index is 1.41. The number of nitrogens with zero attached hydrogens (tertiary/aromatic N) is 5. The summed E-state index contributed by atoms with van der Waals surface area (Å²) in [5.41, 5.74) is 17.9. The molecule has 1 aliphatic rings. The van der Waals surface area contributed by atoms with E-state index in [0.717, 1.165) is 59.2 Å². The standard InChI is InChI=1S/C25H29N9O/c1-14-17(15-7-9-20-22(11-15)34(2)33-32-20)8-10-23(29-14)31-21-12-16(13-28-24(21)25(27)35)30-19-6-4-3-5-18(19)26/h7-13,18-19,30H,3-6,26H2,1-2H3,(H2,27,35)(H,29,31)/t18-,19+/m0/s1. The molecule has 1 aromatic carbocycles. The van der Waals surface area contributed by atoms with Crippen LogP contribution in [0.2, 0.25) is 0 Å². The van der Waals surface area contributed by atoms with Crippen molar-refractivity contribution in [2.24, 2.45) is 18.5 Å². The van der Waals surface area contributed by atoms with E-state index in [1.165, 1.54) is 0 Å². The molecule has 1 aliphatic carbocycles. The maximum absolute atomic E-state index is 12.0. The minimum absolute atomic E-state index is 0.0918. The molecule has 10 heteroatoms. The second-order valence-corrected chi connectivity index (χ2v) is 9.05. The number of aromatic nitrogens is 5. The van der Waals surface area contributed by atoms with Crippen LogP contribution in [-0.2, 0) is 7.05 Å². The first kappa shape index (κ1) is 22.7. The lowest BCUT2D eigenvalue weighted by Crippen LogP contribution is -2.42. The van der Waals surface area contributed by atoms with Gasteiger partial charge in [0.1, 0.15) is 11.3 Å². The number of hydrogen-bond donors (Lipinski definition) is 4. The number of amides is 1. The van der Waals surface area contributed by atoms with Crippen LogP contribution in [0.4, 0.5) is 17.2 Å². The van der Waals surface area contributed by atoms with E-state index in [1.807, 2.05) is 50.4 Å². The smallest absolute Gasteiger partial charge is 0.269 e. The van der Waals surface area contributed by atoms with Gasteiger partial charge < -0.3 is 22.1 Å². The third-order valence-corrected chi connectivity index (χ3v) is 6.56. The summed E-state index contributed by atoms with van der Waals surface area (Å²) in [5.74, 6) is -0.0230. The Bertz CT molecular complexity index is 1400. The molecule has 0 aliphatic heterocycles. The molecular weight excluding hydrogens is 442 g/mol. The lowest BCUT2D eigenvalue weighted by Gasteiger charge is -2.30. The lowest BCUT2D eigenvalue weighted by molar-refractivity contribution is 0.0996. The van der Waals surface area contributed by atoms with Crippen LogP contribution in [0.15, 0.2) is 42.6 Å². The van der Waals surface area contributed by atoms with Crippen molar-refractivity contribution in [2.45, 2.75) is 44.7 Å². The summed E-state index contributed by atoms with van der Waals surface area (Å²) >= 11 is 0. The Morgan fingerprint density at radius 3 is 2.74 bits per heavy atom. The molecule has 0 spiro atoms. The predicted molar refractivity (Wildman–Crippen MR) is 136 cm³/mol. The molecule has 0 bridgehead atoms. The van der Waals surface area contributed by atoms with E-state index in [4.69, 9.17) is 16.5 Å². The zero-order chi connectivity index (χ0) is 24.5. The molecule has 10 nitrogen and oxygen atoms in total. The zero-order valence-electron chi connectivity index (χ0n) is 19.8. The van der Waals surface area contributed by atoms with Crippen molar-refractivity contribution in [3.05, 3.63) is 54.0 Å². The number of benzene rings is 1. The van der Waals surface area contributed by atoms with Crippen molar-refractivity contribution in [1.82, 2.24) is 25.0 Å². The number of aryl methyl sites for hydroxylation is 2. The van der Waals surface area contributed by atoms with E-state index >= 15 is 0 Å². The van der Waals surface area contributed by atoms with Gasteiger partial charge in [0.15, 0.2) is 5.69 Å². The monoisotopic (exact) mass is 471 g/mol. The summed E-state index contributed by atoms with van der Waals surface area (Å²) in [6.07, 6.45) is 5.92. The Labute approximate surface area is 203 Å². The van der Waals surface area contributed by atoms with E-state index in [-0.39, 0.29) is 17.8 Å². The quantitative estimate of drug-likeness (QED) is 0.335. The van der Waals surface area contributed by atoms with Crippen LogP contribution in [0.25, 0.3) is 22.2 Å². The zero-order valence-corrected chi connectivity index (χ0v) is 19.8. The van der Waals surface area contributed by atoms with Crippen LogP contribution in [0, 0.1) is 6.92 Å². The lowest BCUT2D eigenvalue weighted by atomic mass is 9.91. The second-order valence-electron chi connectivity index (χ2n) is 9.05. The summed E-state index contributed by atoms with van der Waals surface area (Å²) in [4.78, 5) is 21.1. The summed E-state index contributed by atoms with van der Waals surface area (Å²) in [7, 11) is 1.87. The Hall–Kier alpha value is -4.05. The first-order valence-corrected chi connectivity index (χ1v) is 11.8. The molecule has 1 saturated carbocycles. The average Bonchev–Trinajstić information content (AvgIpc) is 3.21. The number of fused-ring (bicyclic) bond motifs is 1. The van der Waals surface area contributed by atoms with Gasteiger partial charge in [-0.15, -0.1) is 5.10 Å². The van der Waals surface area contributed by atoms with Gasteiger partial charge in [-0.1, -0.05) is 24.1 Å². The van der Waals surface area contributed by atoms with Crippen molar-refractivity contribution in [1.29, 1.82) is 0 Å². The number of rotatable bonds is 6. The second kappa shape index (κ2) is 9.30. The van der Waals surface area contributed by atoms with Crippen molar-refractivity contribution >= 4 is 34.1 Å². The number of carbonyl (C=O) groups is 1. The molecule has 3 heterocycles. The SMILES string of the molecule is Cc1nc(Nc2cc(N[C@@H]3CCCC[C@@H]3N)cnc2C(N)=O)ccc1-c1ccc2nnn(C)c2c1. The van der Waals surface area contributed by atoms with Crippen LogP contribution in [-0.4, -0.2) is 43.0 Å². The first-order chi connectivity index (χ1) is 16.9. The van der Waals surface area contributed by atoms with E-state index in [0.29, 0.717) is 11.5 Å². The number of primary amides is 1. The molecule has 2 atom stereocenters. The van der Waals surface area contributed by atoms with Gasteiger partial charge in [0.2, 0.25) is 0 Å². The van der Waals surface area contributed by atoms with Crippen molar-refractivity contribution in [3.63, 3.8) is 0 Å². The minimum atomic E-state index is -0.611. The molecule has 0 radical (unpaired) electrons. The highest BCUT2D eigenvalue weighted by atomic mass is 16.1. The normalized spacial score (nSPS) is 17.9. The van der Waals surface area contributed by atoms with Crippen LogP contribution in [0.5, 0.6) is 0 Å². The van der Waals surface area contributed by atoms with Gasteiger partial charge in [0.05, 0.1) is 23.1 Å². The van der Waals surface area contributed by atoms with E-state index < -0.39 is 5.91 Å². The van der Waals surface area contributed by atoms with Crippen molar-refractivity contribution < 1.29 is 4.79 Å². The molecule has 1 fully saturated rings. The number of carbonyl (C=O) groups excluding carboxylic acids is 1. The topological polar surface area (TPSA) is 150 Å². The van der Waals surface area contributed by atoms with Gasteiger partial charge in [-0.05, 0) is 55.7 Å². The number of hydrogen-bond acceptors (Lipinski definition) is 8. The first-order valence-electron chi connectivity index (χ1n) is 11.8. The Kier molecular flexibility index (Phi) is 6.04. The molecule has 35 heavy (non-hydrogen) atoms. The van der Waals surface area contributed by atoms with Gasteiger partial charge in [-0.25, -0.2) is 14.6 Å². The van der Waals surface area contributed by atoms with Crippen LogP contribution >= 0.6 is 0 Å². The fraction of sp³-hybridized carbons (Fsp3) is 0.320. The maximum atomic E-state index is 12.0. The number of nitrogens with two attached hydrogens (primary N) is 2. The number of nitrogens with one attached hydrogen (secondary N) is 2. The Morgan fingerprint density at radius 2 is 1.97 bits per heavy atom. The molecule has 5 rings (SSSR count). The fourth-order valence-corrected chi connectivity index (χ4v) is 4.66. The van der Waals surface area contributed by atoms with E-state index in [2.05, 4.69) is 25.9 Å². The molecule has 6 N–H and O–H groups in total. The number of pyridine rings is 2. The van der Waals surface area contributed by atoms with Crippen LogP contribution < -0.4 is 22.1 Å². The van der Waals surface area contributed by atoms with Gasteiger partial charge in [-0.2, -0.15) is 0 Å². The summed E-state index contributed by atoms with van der Waals surface area (Å²) in [6.45, 7) is 1.95. The molecule has 3 aromatic heterocycles. The van der Waals surface area contributed by atoms with Crippen LogP contribution in [0.1, 0.15) is 41.9 Å². The average molecular weight is 472 g/mol. The Morgan fingerprint density at radius 1 is 1.14 bits per heavy atom.